The fraction of sp³-hybridized carbons (Fsp3) is 0.174. The minimum atomic E-state index is -1.62. The average Bonchev–Trinajstić information content (AvgIpc) is 2.70. The maximum atomic E-state index is 14.1. The van der Waals surface area contributed by atoms with Crippen molar-refractivity contribution in [2.75, 3.05) is 10.6 Å². The summed E-state index contributed by atoms with van der Waals surface area (Å²) in [6.07, 6.45) is 0. The second kappa shape index (κ2) is 8.81. The highest BCUT2D eigenvalue weighted by Gasteiger charge is 2.22. The van der Waals surface area contributed by atoms with Crippen molar-refractivity contribution in [2.24, 2.45) is 0 Å². The van der Waals surface area contributed by atoms with Crippen LogP contribution in [0.2, 0.25) is 5.02 Å². The maximum Gasteiger partial charge on any atom is 0.258 e. The molecule has 0 aliphatic rings. The number of halogens is 3. The minimum Gasteiger partial charge on any atom is -0.322 e. The number of hydrogen-bond donors (Lipinski definition) is 2. The van der Waals surface area contributed by atoms with Gasteiger partial charge in [0.1, 0.15) is 11.5 Å². The molecule has 0 aliphatic carbocycles. The first-order valence-corrected chi connectivity index (χ1v) is 9.78. The number of benzene rings is 2. The number of hydrogen-bond acceptors (Lipinski definition) is 3. The van der Waals surface area contributed by atoms with E-state index in [0.717, 1.165) is 0 Å². The Balaban J connectivity index is 1.80. The van der Waals surface area contributed by atoms with E-state index < -0.39 is 23.3 Å². The molecule has 3 rings (SSSR count). The van der Waals surface area contributed by atoms with Crippen LogP contribution in [-0.2, 0) is 5.67 Å². The number of alkyl halides is 1. The smallest absolute Gasteiger partial charge is 0.258 e. The molecule has 0 fully saturated rings. The van der Waals surface area contributed by atoms with E-state index in [0.29, 0.717) is 11.4 Å². The third-order valence-electron chi connectivity index (χ3n) is 4.53. The number of aromatic nitrogens is 1. The van der Waals surface area contributed by atoms with Crippen LogP contribution in [0.3, 0.4) is 0 Å². The van der Waals surface area contributed by atoms with Gasteiger partial charge in [-0.2, -0.15) is 0 Å². The van der Waals surface area contributed by atoms with Crippen molar-refractivity contribution < 1.29 is 18.4 Å². The van der Waals surface area contributed by atoms with Gasteiger partial charge < -0.3 is 10.6 Å². The van der Waals surface area contributed by atoms with Gasteiger partial charge in [-0.3, -0.25) is 14.6 Å². The zero-order valence-corrected chi connectivity index (χ0v) is 17.8. The van der Waals surface area contributed by atoms with Crippen LogP contribution in [0.5, 0.6) is 0 Å². The van der Waals surface area contributed by atoms with Gasteiger partial charge in [0.15, 0.2) is 0 Å². The molecule has 2 N–H and O–H groups in total. The molecule has 3 aromatic rings. The summed E-state index contributed by atoms with van der Waals surface area (Å²) >= 11 is 6.14. The number of anilines is 2. The van der Waals surface area contributed by atoms with Gasteiger partial charge >= 0.3 is 0 Å². The highest BCUT2D eigenvalue weighted by molar-refractivity contribution is 6.34. The molecule has 0 spiro atoms. The van der Waals surface area contributed by atoms with Gasteiger partial charge in [0.05, 0.1) is 33.2 Å². The number of amides is 2. The molecule has 0 saturated heterocycles. The summed E-state index contributed by atoms with van der Waals surface area (Å²) in [5, 5.41) is 5.45. The Hall–Kier alpha value is -3.32. The van der Waals surface area contributed by atoms with Gasteiger partial charge in [-0.25, -0.2) is 8.78 Å². The Labute approximate surface area is 183 Å². The van der Waals surface area contributed by atoms with Crippen LogP contribution < -0.4 is 10.6 Å². The van der Waals surface area contributed by atoms with Crippen molar-refractivity contribution in [3.63, 3.8) is 0 Å². The molecule has 160 valence electrons. The second-order valence-electron chi connectivity index (χ2n) is 7.38. The number of nitrogens with one attached hydrogen (secondary N) is 2. The summed E-state index contributed by atoms with van der Waals surface area (Å²) in [6, 6.07) is 13.0. The molecule has 1 aromatic heterocycles. The van der Waals surface area contributed by atoms with Crippen molar-refractivity contribution in [3.8, 4) is 0 Å². The third kappa shape index (κ3) is 5.24. The summed E-state index contributed by atoms with van der Waals surface area (Å²) in [5.41, 5.74) is -0.314. The Morgan fingerprint density at radius 1 is 0.968 bits per heavy atom. The van der Waals surface area contributed by atoms with E-state index in [4.69, 9.17) is 11.6 Å². The predicted octanol–water partition coefficient (Wildman–Crippen LogP) is 5.89. The van der Waals surface area contributed by atoms with E-state index >= 15 is 0 Å². The van der Waals surface area contributed by atoms with Crippen LogP contribution in [0, 0.1) is 12.7 Å². The van der Waals surface area contributed by atoms with Gasteiger partial charge in [-0.05, 0) is 63.2 Å². The highest BCUT2D eigenvalue weighted by atomic mass is 35.5. The van der Waals surface area contributed by atoms with E-state index in [9.17, 15) is 18.4 Å². The summed E-state index contributed by atoms with van der Waals surface area (Å²) in [5.74, 6) is -1.79. The standard InChI is InChI=1S/C23H20ClF2N3O2/c1-13-15(9-11-20(27-13)23(2,3)26)21(30)28-14-8-10-17(24)19(12-14)29-22(31)16-6-4-5-7-18(16)25/h4-12H,1-3H3,(H,28,30)(H,29,31). The molecule has 2 aromatic carbocycles. The first-order chi connectivity index (χ1) is 14.6. The van der Waals surface area contributed by atoms with Crippen LogP contribution >= 0.6 is 11.6 Å². The lowest BCUT2D eigenvalue weighted by Gasteiger charge is -2.16. The van der Waals surface area contributed by atoms with Crippen LogP contribution in [0.25, 0.3) is 0 Å². The van der Waals surface area contributed by atoms with Gasteiger partial charge in [0.25, 0.3) is 11.8 Å². The molecule has 2 amide bonds. The van der Waals surface area contributed by atoms with Crippen molar-refractivity contribution >= 4 is 34.8 Å². The molecular weight excluding hydrogens is 424 g/mol. The fourth-order valence-corrected chi connectivity index (χ4v) is 3.03. The van der Waals surface area contributed by atoms with E-state index in [1.807, 2.05) is 0 Å². The highest BCUT2D eigenvalue weighted by Crippen LogP contribution is 2.27. The molecular formula is C23H20ClF2N3O2. The van der Waals surface area contributed by atoms with Crippen LogP contribution in [-0.4, -0.2) is 16.8 Å². The van der Waals surface area contributed by atoms with Crippen LogP contribution in [0.1, 0.15) is 46.0 Å². The summed E-state index contributed by atoms with van der Waals surface area (Å²) in [6.45, 7) is 4.39. The Morgan fingerprint density at radius 2 is 1.65 bits per heavy atom. The van der Waals surface area contributed by atoms with Gasteiger partial charge in [-0.15, -0.1) is 0 Å². The normalized spacial score (nSPS) is 11.2. The minimum absolute atomic E-state index is 0.134. The lowest BCUT2D eigenvalue weighted by molar-refractivity contribution is 0.101. The van der Waals surface area contributed by atoms with Crippen LogP contribution in [0.4, 0.5) is 20.2 Å². The number of rotatable bonds is 5. The maximum absolute atomic E-state index is 14.1. The quantitative estimate of drug-likeness (QED) is 0.516. The predicted molar refractivity (Wildman–Crippen MR) is 117 cm³/mol. The molecule has 0 atom stereocenters. The molecule has 1 heterocycles. The zero-order valence-electron chi connectivity index (χ0n) is 17.1. The molecule has 0 saturated carbocycles. The summed E-state index contributed by atoms with van der Waals surface area (Å²) in [7, 11) is 0. The third-order valence-corrected chi connectivity index (χ3v) is 4.86. The molecule has 0 unspecified atom stereocenters. The SMILES string of the molecule is Cc1nc(C(C)(C)F)ccc1C(=O)Nc1ccc(Cl)c(NC(=O)c2ccccc2F)c1. The van der Waals surface area contributed by atoms with E-state index in [2.05, 4.69) is 15.6 Å². The zero-order chi connectivity index (χ0) is 22.8. The van der Waals surface area contributed by atoms with Gasteiger partial charge in [-0.1, -0.05) is 23.7 Å². The fourth-order valence-electron chi connectivity index (χ4n) is 2.86. The molecule has 31 heavy (non-hydrogen) atoms. The molecule has 5 nitrogen and oxygen atoms in total. The number of carbonyl (C=O) groups is 2. The average molecular weight is 444 g/mol. The first kappa shape index (κ1) is 22.4. The molecule has 0 aliphatic heterocycles. The summed E-state index contributed by atoms with van der Waals surface area (Å²) < 4.78 is 27.9. The monoisotopic (exact) mass is 443 g/mol. The number of nitrogens with zero attached hydrogens (tertiary/aromatic N) is 1. The lowest BCUT2D eigenvalue weighted by atomic mass is 10.0. The lowest BCUT2D eigenvalue weighted by Crippen LogP contribution is -2.18. The Kier molecular flexibility index (Phi) is 6.36. The molecule has 8 heteroatoms. The number of pyridine rings is 1. The summed E-state index contributed by atoms with van der Waals surface area (Å²) in [4.78, 5) is 29.2. The number of aryl methyl sites for hydroxylation is 1. The van der Waals surface area contributed by atoms with E-state index in [1.165, 1.54) is 56.3 Å². The van der Waals surface area contributed by atoms with Gasteiger partial charge in [0.2, 0.25) is 0 Å². The van der Waals surface area contributed by atoms with Crippen molar-refractivity contribution in [1.82, 2.24) is 4.98 Å². The van der Waals surface area contributed by atoms with Crippen molar-refractivity contribution in [2.45, 2.75) is 26.4 Å². The Bertz CT molecular complexity index is 1160. The van der Waals surface area contributed by atoms with Crippen molar-refractivity contribution in [1.29, 1.82) is 0 Å². The molecule has 0 radical (unpaired) electrons. The van der Waals surface area contributed by atoms with Crippen LogP contribution in [0.15, 0.2) is 54.6 Å². The molecule has 0 bridgehead atoms. The largest absolute Gasteiger partial charge is 0.322 e. The second-order valence-corrected chi connectivity index (χ2v) is 7.79. The van der Waals surface area contributed by atoms with E-state index in [1.54, 1.807) is 19.1 Å². The Morgan fingerprint density at radius 3 is 2.29 bits per heavy atom. The number of carbonyl (C=O) groups excluding carboxylic acids is 2. The van der Waals surface area contributed by atoms with E-state index in [-0.39, 0.29) is 27.5 Å². The topological polar surface area (TPSA) is 71.1 Å². The van der Waals surface area contributed by atoms with Crippen molar-refractivity contribution in [3.05, 3.63) is 88.0 Å². The first-order valence-electron chi connectivity index (χ1n) is 9.40. The van der Waals surface area contributed by atoms with Gasteiger partial charge in [0, 0.05) is 5.69 Å².